The number of hydrogen-bond acceptors (Lipinski definition) is 3. The summed E-state index contributed by atoms with van der Waals surface area (Å²) in [5.41, 5.74) is 1.03. The van der Waals surface area contributed by atoms with Crippen LogP contribution in [-0.4, -0.2) is 73.2 Å². The van der Waals surface area contributed by atoms with Gasteiger partial charge in [-0.05, 0) is 44.5 Å². The summed E-state index contributed by atoms with van der Waals surface area (Å²) < 4.78 is 1.06. The second kappa shape index (κ2) is 8.08. The van der Waals surface area contributed by atoms with E-state index in [0.717, 1.165) is 54.5 Å². The molecule has 0 aliphatic carbocycles. The summed E-state index contributed by atoms with van der Waals surface area (Å²) in [4.78, 5) is 6.98. The van der Waals surface area contributed by atoms with Gasteiger partial charge in [-0.2, -0.15) is 0 Å². The topological polar surface area (TPSA) is 21.8 Å². The van der Waals surface area contributed by atoms with Gasteiger partial charge in [0.15, 0.2) is 5.11 Å². The van der Waals surface area contributed by atoms with Gasteiger partial charge in [-0.1, -0.05) is 22.0 Å². The van der Waals surface area contributed by atoms with E-state index in [-0.39, 0.29) is 0 Å². The zero-order valence-corrected chi connectivity index (χ0v) is 15.1. The second-order valence-corrected chi connectivity index (χ2v) is 6.87. The SMILES string of the molecule is CN(C)CCN1CCN(C(=S)Nc2cccc(Br)c2)CC1. The molecule has 0 amide bonds. The van der Waals surface area contributed by atoms with Gasteiger partial charge in [0, 0.05) is 49.4 Å². The average Bonchev–Trinajstić information content (AvgIpc) is 2.45. The van der Waals surface area contributed by atoms with Gasteiger partial charge in [-0.15, -0.1) is 0 Å². The van der Waals surface area contributed by atoms with Gasteiger partial charge in [0.25, 0.3) is 0 Å². The van der Waals surface area contributed by atoms with E-state index in [9.17, 15) is 0 Å². The molecule has 1 fully saturated rings. The predicted octanol–water partition coefficient (Wildman–Crippen LogP) is 2.33. The van der Waals surface area contributed by atoms with Crippen molar-refractivity contribution in [3.05, 3.63) is 28.7 Å². The molecule has 1 aliphatic rings. The minimum Gasteiger partial charge on any atom is -0.346 e. The van der Waals surface area contributed by atoms with Crippen LogP contribution in [0.4, 0.5) is 5.69 Å². The highest BCUT2D eigenvalue weighted by Crippen LogP contribution is 2.16. The molecule has 0 bridgehead atoms. The fraction of sp³-hybridized carbons (Fsp3) is 0.533. The molecule has 1 aromatic carbocycles. The number of thiocarbonyl (C=S) groups is 1. The van der Waals surface area contributed by atoms with Crippen LogP contribution in [0.1, 0.15) is 0 Å². The molecule has 0 aromatic heterocycles. The number of nitrogens with zero attached hydrogens (tertiary/aromatic N) is 3. The molecule has 2 rings (SSSR count). The van der Waals surface area contributed by atoms with Crippen molar-refractivity contribution in [3.63, 3.8) is 0 Å². The number of piperazine rings is 1. The van der Waals surface area contributed by atoms with E-state index in [0.29, 0.717) is 0 Å². The molecule has 1 aliphatic heterocycles. The van der Waals surface area contributed by atoms with Crippen LogP contribution in [0, 0.1) is 0 Å². The summed E-state index contributed by atoms with van der Waals surface area (Å²) in [5, 5.41) is 4.14. The third-order valence-electron chi connectivity index (χ3n) is 3.60. The lowest BCUT2D eigenvalue weighted by molar-refractivity contribution is 0.170. The number of halogens is 1. The van der Waals surface area contributed by atoms with Crippen molar-refractivity contribution in [2.75, 3.05) is 58.7 Å². The van der Waals surface area contributed by atoms with Gasteiger partial charge in [-0.3, -0.25) is 4.90 Å². The lowest BCUT2D eigenvalue weighted by Crippen LogP contribution is -2.51. The summed E-state index contributed by atoms with van der Waals surface area (Å²) in [7, 11) is 4.24. The zero-order valence-electron chi connectivity index (χ0n) is 12.7. The summed E-state index contributed by atoms with van der Waals surface area (Å²) in [6.07, 6.45) is 0. The summed E-state index contributed by atoms with van der Waals surface area (Å²) in [5.74, 6) is 0. The Morgan fingerprint density at radius 1 is 1.29 bits per heavy atom. The van der Waals surface area contributed by atoms with Crippen LogP contribution in [0.2, 0.25) is 0 Å². The Morgan fingerprint density at radius 3 is 2.62 bits per heavy atom. The van der Waals surface area contributed by atoms with Gasteiger partial charge >= 0.3 is 0 Å². The van der Waals surface area contributed by atoms with Crippen molar-refractivity contribution < 1.29 is 0 Å². The van der Waals surface area contributed by atoms with E-state index >= 15 is 0 Å². The Labute approximate surface area is 141 Å². The van der Waals surface area contributed by atoms with Crippen LogP contribution < -0.4 is 5.32 Å². The molecule has 21 heavy (non-hydrogen) atoms. The van der Waals surface area contributed by atoms with Crippen LogP contribution in [0.15, 0.2) is 28.7 Å². The molecule has 1 aromatic rings. The lowest BCUT2D eigenvalue weighted by atomic mass is 10.3. The van der Waals surface area contributed by atoms with Crippen molar-refractivity contribution in [3.8, 4) is 0 Å². The molecule has 0 spiro atoms. The monoisotopic (exact) mass is 370 g/mol. The Bertz CT molecular complexity index is 472. The molecular weight excluding hydrogens is 348 g/mol. The quantitative estimate of drug-likeness (QED) is 0.818. The predicted molar refractivity (Wildman–Crippen MR) is 96.9 cm³/mol. The van der Waals surface area contributed by atoms with Crippen LogP contribution in [0.3, 0.4) is 0 Å². The molecular formula is C15H23BrN4S. The van der Waals surface area contributed by atoms with Crippen molar-refractivity contribution in [2.45, 2.75) is 0 Å². The first kappa shape index (κ1) is 16.7. The Kier molecular flexibility index (Phi) is 6.41. The van der Waals surface area contributed by atoms with Gasteiger partial charge in [0.1, 0.15) is 0 Å². The highest BCUT2D eigenvalue weighted by atomic mass is 79.9. The van der Waals surface area contributed by atoms with Gasteiger partial charge < -0.3 is 15.1 Å². The molecule has 1 heterocycles. The summed E-state index contributed by atoms with van der Waals surface area (Å²) in [6, 6.07) is 8.09. The number of rotatable bonds is 4. The van der Waals surface area contributed by atoms with Gasteiger partial charge in [-0.25, -0.2) is 0 Å². The van der Waals surface area contributed by atoms with Crippen molar-refractivity contribution in [1.82, 2.24) is 14.7 Å². The van der Waals surface area contributed by atoms with Crippen LogP contribution >= 0.6 is 28.1 Å². The van der Waals surface area contributed by atoms with Crippen LogP contribution in [0.5, 0.6) is 0 Å². The number of benzene rings is 1. The maximum absolute atomic E-state index is 5.52. The minimum absolute atomic E-state index is 0.820. The van der Waals surface area contributed by atoms with Crippen molar-refractivity contribution in [1.29, 1.82) is 0 Å². The number of anilines is 1. The maximum atomic E-state index is 5.52. The molecule has 0 saturated carbocycles. The normalized spacial score (nSPS) is 16.3. The molecule has 0 unspecified atom stereocenters. The molecule has 1 N–H and O–H groups in total. The molecule has 1 saturated heterocycles. The number of nitrogens with one attached hydrogen (secondary N) is 1. The Balaban J connectivity index is 1.78. The summed E-state index contributed by atoms with van der Waals surface area (Å²) in [6.45, 7) is 6.39. The Morgan fingerprint density at radius 2 is 2.00 bits per heavy atom. The highest BCUT2D eigenvalue weighted by Gasteiger charge is 2.18. The third-order valence-corrected chi connectivity index (χ3v) is 4.45. The molecule has 4 nitrogen and oxygen atoms in total. The van der Waals surface area contributed by atoms with E-state index in [1.54, 1.807) is 0 Å². The largest absolute Gasteiger partial charge is 0.346 e. The average molecular weight is 371 g/mol. The standard InChI is InChI=1S/C15H23BrN4S/c1-18(2)6-7-19-8-10-20(11-9-19)15(21)17-14-5-3-4-13(16)12-14/h3-5,12H,6-11H2,1-2H3,(H,17,21). The fourth-order valence-corrected chi connectivity index (χ4v) is 2.98. The number of likely N-dealkylation sites (N-methyl/N-ethyl adjacent to an activating group) is 1. The minimum atomic E-state index is 0.820. The smallest absolute Gasteiger partial charge is 0.173 e. The molecule has 0 atom stereocenters. The van der Waals surface area contributed by atoms with E-state index < -0.39 is 0 Å². The molecule has 116 valence electrons. The van der Waals surface area contributed by atoms with E-state index in [4.69, 9.17) is 12.2 Å². The third kappa shape index (κ3) is 5.54. The van der Waals surface area contributed by atoms with Crippen molar-refractivity contribution in [2.24, 2.45) is 0 Å². The first-order chi connectivity index (χ1) is 10.0. The van der Waals surface area contributed by atoms with Crippen LogP contribution in [0.25, 0.3) is 0 Å². The highest BCUT2D eigenvalue weighted by molar-refractivity contribution is 9.10. The van der Waals surface area contributed by atoms with Crippen LogP contribution in [-0.2, 0) is 0 Å². The first-order valence-electron chi connectivity index (χ1n) is 7.23. The van der Waals surface area contributed by atoms with Crippen molar-refractivity contribution >= 4 is 38.9 Å². The fourth-order valence-electron chi connectivity index (χ4n) is 2.28. The van der Waals surface area contributed by atoms with Gasteiger partial charge in [0.2, 0.25) is 0 Å². The van der Waals surface area contributed by atoms with Gasteiger partial charge in [0.05, 0.1) is 0 Å². The second-order valence-electron chi connectivity index (χ2n) is 5.57. The van der Waals surface area contributed by atoms with E-state index in [1.807, 2.05) is 24.3 Å². The lowest BCUT2D eigenvalue weighted by Gasteiger charge is -2.36. The zero-order chi connectivity index (χ0) is 15.2. The van der Waals surface area contributed by atoms with E-state index in [2.05, 4.69) is 50.0 Å². The molecule has 6 heteroatoms. The molecule has 0 radical (unpaired) electrons. The first-order valence-corrected chi connectivity index (χ1v) is 8.43. The maximum Gasteiger partial charge on any atom is 0.173 e. The van der Waals surface area contributed by atoms with E-state index in [1.165, 1.54) is 0 Å². The number of hydrogen-bond donors (Lipinski definition) is 1. The Hall–Kier alpha value is -0.690. The summed E-state index contributed by atoms with van der Waals surface area (Å²) >= 11 is 8.99.